The lowest BCUT2D eigenvalue weighted by Gasteiger charge is -2.11. The van der Waals surface area contributed by atoms with E-state index in [9.17, 15) is 4.79 Å². The zero-order valence-electron chi connectivity index (χ0n) is 15.7. The van der Waals surface area contributed by atoms with Gasteiger partial charge in [-0.05, 0) is 41.5 Å². The smallest absolute Gasteiger partial charge is 0.261 e. The van der Waals surface area contributed by atoms with Crippen LogP contribution in [0.1, 0.15) is 17.0 Å². The first-order chi connectivity index (χ1) is 14.3. The van der Waals surface area contributed by atoms with Gasteiger partial charge >= 0.3 is 0 Å². The van der Waals surface area contributed by atoms with Crippen molar-refractivity contribution in [3.63, 3.8) is 0 Å². The van der Waals surface area contributed by atoms with Crippen LogP contribution in [0, 0.1) is 0 Å². The van der Waals surface area contributed by atoms with E-state index < -0.39 is 0 Å². The zero-order chi connectivity index (χ0) is 19.6. The standard InChI is InChI=1S/C25H19N3O/c29-25-21-11-5-7-13-23(21)27-24(28(25)17-18-8-2-1-3-9-18)15-14-19-16-26-22-12-6-4-10-20(19)22/h1-16,26H,17H2. The van der Waals surface area contributed by atoms with Gasteiger partial charge in [-0.15, -0.1) is 0 Å². The molecule has 2 aromatic heterocycles. The van der Waals surface area contributed by atoms with Crippen molar-refractivity contribution in [1.29, 1.82) is 0 Å². The molecule has 0 saturated carbocycles. The molecular weight excluding hydrogens is 358 g/mol. The first-order valence-corrected chi connectivity index (χ1v) is 9.57. The van der Waals surface area contributed by atoms with Crippen LogP contribution < -0.4 is 5.56 Å². The van der Waals surface area contributed by atoms with Crippen LogP contribution in [0.4, 0.5) is 0 Å². The molecule has 0 atom stereocenters. The Balaban J connectivity index is 1.65. The molecule has 1 N–H and O–H groups in total. The normalized spacial score (nSPS) is 11.6. The van der Waals surface area contributed by atoms with E-state index in [1.54, 1.807) is 4.57 Å². The van der Waals surface area contributed by atoms with Crippen LogP contribution in [0.3, 0.4) is 0 Å². The molecule has 0 aliphatic carbocycles. The van der Waals surface area contributed by atoms with Crippen LogP contribution >= 0.6 is 0 Å². The molecule has 5 rings (SSSR count). The van der Waals surface area contributed by atoms with Crippen molar-refractivity contribution in [3.8, 4) is 0 Å². The summed E-state index contributed by atoms with van der Waals surface area (Å²) in [4.78, 5) is 21.3. The maximum absolute atomic E-state index is 13.2. The fraction of sp³-hybridized carbons (Fsp3) is 0.0400. The van der Waals surface area contributed by atoms with Gasteiger partial charge in [-0.3, -0.25) is 9.36 Å². The Labute approximate surface area is 167 Å². The average Bonchev–Trinajstić information content (AvgIpc) is 3.18. The minimum Gasteiger partial charge on any atom is -0.361 e. The van der Waals surface area contributed by atoms with Gasteiger partial charge in [-0.1, -0.05) is 60.7 Å². The number of aromatic nitrogens is 3. The monoisotopic (exact) mass is 377 g/mol. The molecule has 0 aliphatic rings. The summed E-state index contributed by atoms with van der Waals surface area (Å²) in [5, 5.41) is 1.77. The topological polar surface area (TPSA) is 50.7 Å². The van der Waals surface area contributed by atoms with Gasteiger partial charge in [0.25, 0.3) is 5.56 Å². The van der Waals surface area contributed by atoms with Crippen molar-refractivity contribution in [3.05, 3.63) is 112 Å². The molecule has 0 amide bonds. The molecule has 0 unspecified atom stereocenters. The van der Waals surface area contributed by atoms with E-state index in [0.717, 1.165) is 22.0 Å². The van der Waals surface area contributed by atoms with Crippen LogP contribution in [0.2, 0.25) is 0 Å². The number of H-pyrrole nitrogens is 1. The Bertz CT molecular complexity index is 1390. The van der Waals surface area contributed by atoms with Crippen LogP contribution in [0.15, 0.2) is 89.9 Å². The molecule has 0 fully saturated rings. The zero-order valence-corrected chi connectivity index (χ0v) is 15.7. The second-order valence-electron chi connectivity index (χ2n) is 6.99. The summed E-state index contributed by atoms with van der Waals surface area (Å²) in [6.07, 6.45) is 5.91. The number of para-hydroxylation sites is 2. The minimum atomic E-state index is -0.0296. The molecule has 0 aliphatic heterocycles. The van der Waals surface area contributed by atoms with Gasteiger partial charge in [-0.2, -0.15) is 0 Å². The number of nitrogens with zero attached hydrogens (tertiary/aromatic N) is 2. The number of aromatic amines is 1. The Morgan fingerprint density at radius 1 is 0.828 bits per heavy atom. The highest BCUT2D eigenvalue weighted by Crippen LogP contribution is 2.20. The van der Waals surface area contributed by atoms with Crippen LogP contribution in [0.25, 0.3) is 34.0 Å². The van der Waals surface area contributed by atoms with E-state index in [1.807, 2.05) is 91.1 Å². The number of nitrogens with one attached hydrogen (secondary N) is 1. The van der Waals surface area contributed by atoms with E-state index in [4.69, 9.17) is 4.98 Å². The van der Waals surface area contributed by atoms with Crippen LogP contribution in [0.5, 0.6) is 0 Å². The molecule has 0 bridgehead atoms. The average molecular weight is 377 g/mol. The van der Waals surface area contributed by atoms with E-state index in [2.05, 4.69) is 11.1 Å². The number of rotatable bonds is 4. The second-order valence-corrected chi connectivity index (χ2v) is 6.99. The Kier molecular flexibility index (Phi) is 4.30. The molecule has 0 radical (unpaired) electrons. The Morgan fingerprint density at radius 2 is 1.55 bits per heavy atom. The third kappa shape index (κ3) is 3.25. The predicted octanol–water partition coefficient (Wildman–Crippen LogP) is 5.10. The summed E-state index contributed by atoms with van der Waals surface area (Å²) in [5.74, 6) is 0.642. The van der Waals surface area contributed by atoms with Crippen LogP contribution in [-0.4, -0.2) is 14.5 Å². The lowest BCUT2D eigenvalue weighted by Crippen LogP contribution is -2.24. The van der Waals surface area contributed by atoms with Gasteiger partial charge in [-0.25, -0.2) is 4.98 Å². The molecule has 140 valence electrons. The largest absolute Gasteiger partial charge is 0.361 e. The highest BCUT2D eigenvalue weighted by molar-refractivity contribution is 5.91. The van der Waals surface area contributed by atoms with Crippen molar-refractivity contribution in [1.82, 2.24) is 14.5 Å². The molecule has 0 spiro atoms. The quantitative estimate of drug-likeness (QED) is 0.474. The first-order valence-electron chi connectivity index (χ1n) is 9.57. The van der Waals surface area contributed by atoms with Gasteiger partial charge < -0.3 is 4.98 Å². The molecule has 4 nitrogen and oxygen atoms in total. The summed E-state index contributed by atoms with van der Waals surface area (Å²) in [6.45, 7) is 0.477. The van der Waals surface area contributed by atoms with Crippen molar-refractivity contribution in [2.24, 2.45) is 0 Å². The Morgan fingerprint density at radius 3 is 2.41 bits per heavy atom. The first kappa shape index (κ1) is 17.2. The lowest BCUT2D eigenvalue weighted by atomic mass is 10.1. The number of hydrogen-bond donors (Lipinski definition) is 1. The third-order valence-corrected chi connectivity index (χ3v) is 5.11. The van der Waals surface area contributed by atoms with Gasteiger partial charge in [0.05, 0.1) is 17.4 Å². The molecule has 29 heavy (non-hydrogen) atoms. The molecule has 2 heterocycles. The number of hydrogen-bond acceptors (Lipinski definition) is 2. The maximum Gasteiger partial charge on any atom is 0.261 e. The van der Waals surface area contributed by atoms with Crippen molar-refractivity contribution in [2.75, 3.05) is 0 Å². The number of fused-ring (bicyclic) bond motifs is 2. The van der Waals surface area contributed by atoms with Crippen LogP contribution in [-0.2, 0) is 6.54 Å². The third-order valence-electron chi connectivity index (χ3n) is 5.11. The van der Waals surface area contributed by atoms with Gasteiger partial charge in [0.2, 0.25) is 0 Å². The summed E-state index contributed by atoms with van der Waals surface area (Å²) < 4.78 is 1.74. The van der Waals surface area contributed by atoms with Crippen molar-refractivity contribution >= 4 is 34.0 Å². The summed E-state index contributed by atoms with van der Waals surface area (Å²) in [5.41, 5.74) is 3.89. The summed E-state index contributed by atoms with van der Waals surface area (Å²) in [6, 6.07) is 25.6. The summed E-state index contributed by atoms with van der Waals surface area (Å²) >= 11 is 0. The predicted molar refractivity (Wildman–Crippen MR) is 119 cm³/mol. The van der Waals surface area contributed by atoms with E-state index in [0.29, 0.717) is 23.3 Å². The van der Waals surface area contributed by atoms with Gasteiger partial charge in [0, 0.05) is 17.1 Å². The molecule has 0 saturated heterocycles. The SMILES string of the molecule is O=c1c2ccccc2nc(C=Cc2c[nH]c3ccccc23)n1Cc1ccccc1. The van der Waals surface area contributed by atoms with Gasteiger partial charge in [0.1, 0.15) is 5.82 Å². The van der Waals surface area contributed by atoms with E-state index in [-0.39, 0.29) is 5.56 Å². The van der Waals surface area contributed by atoms with E-state index in [1.165, 1.54) is 0 Å². The second kappa shape index (κ2) is 7.24. The fourth-order valence-electron chi connectivity index (χ4n) is 3.63. The molecule has 4 heteroatoms. The highest BCUT2D eigenvalue weighted by atomic mass is 16.1. The van der Waals surface area contributed by atoms with Crippen molar-refractivity contribution in [2.45, 2.75) is 6.54 Å². The van der Waals surface area contributed by atoms with E-state index >= 15 is 0 Å². The Hall–Kier alpha value is -3.92. The maximum atomic E-state index is 13.2. The highest BCUT2D eigenvalue weighted by Gasteiger charge is 2.10. The minimum absolute atomic E-state index is 0.0296. The van der Waals surface area contributed by atoms with Gasteiger partial charge in [0.15, 0.2) is 0 Å². The number of benzene rings is 3. The summed E-state index contributed by atoms with van der Waals surface area (Å²) in [7, 11) is 0. The molecular formula is C25H19N3O. The molecule has 5 aromatic rings. The van der Waals surface area contributed by atoms with Crippen molar-refractivity contribution < 1.29 is 0 Å². The lowest BCUT2D eigenvalue weighted by molar-refractivity contribution is 0.738. The molecule has 3 aromatic carbocycles. The fourth-order valence-corrected chi connectivity index (χ4v) is 3.63.